The van der Waals surface area contributed by atoms with Crippen LogP contribution in [0.2, 0.25) is 0 Å². The second-order valence-corrected chi connectivity index (χ2v) is 6.73. The first-order valence-corrected chi connectivity index (χ1v) is 9.67. The molecule has 1 aliphatic carbocycles. The van der Waals surface area contributed by atoms with Gasteiger partial charge < -0.3 is 25.1 Å². The van der Waals surface area contributed by atoms with E-state index < -0.39 is 0 Å². The predicted molar refractivity (Wildman–Crippen MR) is 111 cm³/mol. The van der Waals surface area contributed by atoms with E-state index in [0.29, 0.717) is 6.04 Å². The molecule has 146 valence electrons. The van der Waals surface area contributed by atoms with Gasteiger partial charge in [0.25, 0.3) is 0 Å². The molecule has 6 nitrogen and oxygen atoms in total. The minimum absolute atomic E-state index is 0.471. The number of nitrogens with zero attached hydrogens (tertiary/aromatic N) is 1. The lowest BCUT2D eigenvalue weighted by atomic mass is 10.2. The number of aromatic amines is 1. The number of H-pyrrole nitrogens is 1. The van der Waals surface area contributed by atoms with Gasteiger partial charge in [-0.1, -0.05) is 12.2 Å². The van der Waals surface area contributed by atoms with Crippen molar-refractivity contribution in [1.82, 2.24) is 15.6 Å². The minimum Gasteiger partial charge on any atom is -0.497 e. The molecular weight excluding hydrogens is 340 g/mol. The van der Waals surface area contributed by atoms with Crippen molar-refractivity contribution < 1.29 is 9.47 Å². The summed E-state index contributed by atoms with van der Waals surface area (Å²) in [7, 11) is 3.35. The van der Waals surface area contributed by atoms with Crippen LogP contribution in [0.4, 0.5) is 0 Å². The second-order valence-electron chi connectivity index (χ2n) is 6.73. The number of guanidine groups is 1. The lowest BCUT2D eigenvalue weighted by Gasteiger charge is -2.16. The van der Waals surface area contributed by atoms with E-state index >= 15 is 0 Å². The highest BCUT2D eigenvalue weighted by Gasteiger charge is 2.12. The first-order valence-electron chi connectivity index (χ1n) is 9.67. The normalized spacial score (nSPS) is 14.7. The first-order chi connectivity index (χ1) is 13.2. The molecule has 1 aliphatic rings. The van der Waals surface area contributed by atoms with Crippen LogP contribution >= 0.6 is 0 Å². The van der Waals surface area contributed by atoms with E-state index in [1.165, 1.54) is 5.69 Å². The van der Waals surface area contributed by atoms with Crippen LogP contribution in [0.15, 0.2) is 35.3 Å². The smallest absolute Gasteiger partial charge is 0.191 e. The van der Waals surface area contributed by atoms with Crippen LogP contribution in [-0.4, -0.2) is 44.3 Å². The average molecular weight is 370 g/mol. The fourth-order valence-electron chi connectivity index (χ4n) is 3.37. The molecule has 3 rings (SSSR count). The van der Waals surface area contributed by atoms with Crippen molar-refractivity contribution in [2.75, 3.05) is 27.3 Å². The van der Waals surface area contributed by atoms with Gasteiger partial charge in [-0.25, -0.2) is 0 Å². The first kappa shape index (κ1) is 19.1. The van der Waals surface area contributed by atoms with Gasteiger partial charge in [0.15, 0.2) is 5.96 Å². The SMILES string of the molecule is CCNC(=NCCCc1cc2c(OC)cc(OC)cc2[nH]1)NC1CC=CC1. The Labute approximate surface area is 161 Å². The van der Waals surface area contributed by atoms with E-state index in [4.69, 9.17) is 14.5 Å². The van der Waals surface area contributed by atoms with Gasteiger partial charge >= 0.3 is 0 Å². The van der Waals surface area contributed by atoms with Crippen LogP contribution in [0.5, 0.6) is 11.5 Å². The van der Waals surface area contributed by atoms with Crippen LogP contribution in [0.25, 0.3) is 10.9 Å². The third kappa shape index (κ3) is 4.96. The summed E-state index contributed by atoms with van der Waals surface area (Å²) in [6.45, 7) is 3.75. The Balaban J connectivity index is 1.58. The van der Waals surface area contributed by atoms with E-state index in [1.54, 1.807) is 14.2 Å². The zero-order valence-electron chi connectivity index (χ0n) is 16.5. The van der Waals surface area contributed by atoms with Crippen molar-refractivity contribution >= 4 is 16.9 Å². The summed E-state index contributed by atoms with van der Waals surface area (Å²) in [6.07, 6.45) is 8.51. The summed E-state index contributed by atoms with van der Waals surface area (Å²) in [5.74, 6) is 2.53. The summed E-state index contributed by atoms with van der Waals surface area (Å²) in [5, 5.41) is 7.92. The van der Waals surface area contributed by atoms with Gasteiger partial charge in [-0.15, -0.1) is 0 Å². The van der Waals surface area contributed by atoms with Gasteiger partial charge in [-0.3, -0.25) is 4.99 Å². The van der Waals surface area contributed by atoms with Crippen molar-refractivity contribution in [2.45, 2.75) is 38.6 Å². The van der Waals surface area contributed by atoms with Gasteiger partial charge in [-0.2, -0.15) is 0 Å². The Kier molecular flexibility index (Phi) is 6.63. The van der Waals surface area contributed by atoms with Gasteiger partial charge in [-0.05, 0) is 38.7 Å². The van der Waals surface area contributed by atoms with E-state index in [-0.39, 0.29) is 0 Å². The second kappa shape index (κ2) is 9.35. The number of aromatic nitrogens is 1. The molecule has 0 saturated heterocycles. The molecule has 2 aromatic rings. The fourth-order valence-corrected chi connectivity index (χ4v) is 3.37. The molecular formula is C21H30N4O2. The third-order valence-electron chi connectivity index (χ3n) is 4.75. The van der Waals surface area contributed by atoms with Crippen LogP contribution < -0.4 is 20.1 Å². The number of hydrogen-bond acceptors (Lipinski definition) is 3. The Morgan fingerprint density at radius 3 is 2.70 bits per heavy atom. The zero-order chi connectivity index (χ0) is 19.1. The monoisotopic (exact) mass is 370 g/mol. The number of rotatable bonds is 8. The van der Waals surface area contributed by atoms with Crippen LogP contribution in [-0.2, 0) is 6.42 Å². The number of nitrogens with one attached hydrogen (secondary N) is 3. The van der Waals surface area contributed by atoms with Gasteiger partial charge in [0.1, 0.15) is 11.5 Å². The highest BCUT2D eigenvalue weighted by atomic mass is 16.5. The molecule has 0 atom stereocenters. The van der Waals surface area contributed by atoms with Gasteiger partial charge in [0, 0.05) is 42.3 Å². The number of methoxy groups -OCH3 is 2. The lowest BCUT2D eigenvalue weighted by molar-refractivity contribution is 0.398. The molecule has 0 unspecified atom stereocenters. The van der Waals surface area contributed by atoms with Crippen molar-refractivity contribution in [3.05, 3.63) is 36.0 Å². The third-order valence-corrected chi connectivity index (χ3v) is 4.75. The van der Waals surface area contributed by atoms with Crippen LogP contribution in [0.1, 0.15) is 31.9 Å². The largest absolute Gasteiger partial charge is 0.497 e. The van der Waals surface area contributed by atoms with E-state index in [9.17, 15) is 0 Å². The summed E-state index contributed by atoms with van der Waals surface area (Å²) in [5.41, 5.74) is 2.22. The van der Waals surface area contributed by atoms with Crippen molar-refractivity contribution in [1.29, 1.82) is 0 Å². The molecule has 0 radical (unpaired) electrons. The zero-order valence-corrected chi connectivity index (χ0v) is 16.5. The van der Waals surface area contributed by atoms with Crippen molar-refractivity contribution in [3.8, 4) is 11.5 Å². The van der Waals surface area contributed by atoms with Crippen LogP contribution in [0, 0.1) is 0 Å². The molecule has 1 aromatic carbocycles. The Bertz CT molecular complexity index is 802. The molecule has 6 heteroatoms. The summed E-state index contributed by atoms with van der Waals surface area (Å²) < 4.78 is 10.8. The molecule has 0 saturated carbocycles. The highest BCUT2D eigenvalue weighted by molar-refractivity contribution is 5.88. The number of hydrogen-bond donors (Lipinski definition) is 3. The highest BCUT2D eigenvalue weighted by Crippen LogP contribution is 2.31. The van der Waals surface area contributed by atoms with E-state index in [0.717, 1.165) is 67.1 Å². The quantitative estimate of drug-likeness (QED) is 0.288. The summed E-state index contributed by atoms with van der Waals surface area (Å²) in [6, 6.07) is 6.54. The number of benzene rings is 1. The van der Waals surface area contributed by atoms with Crippen molar-refractivity contribution in [3.63, 3.8) is 0 Å². The standard InChI is InChI=1S/C21H30N4O2/c1-4-22-21(25-15-8-5-6-9-15)23-11-7-10-16-12-18-19(24-16)13-17(26-2)14-20(18)27-3/h5-6,12-15,24H,4,7-11H2,1-3H3,(H2,22,23,25). The average Bonchev–Trinajstić information content (AvgIpc) is 3.33. The number of aryl methyl sites for hydroxylation is 1. The number of fused-ring (bicyclic) bond motifs is 1. The topological polar surface area (TPSA) is 70.7 Å². The molecule has 27 heavy (non-hydrogen) atoms. The maximum atomic E-state index is 5.49. The molecule has 0 amide bonds. The lowest BCUT2D eigenvalue weighted by Crippen LogP contribution is -2.42. The van der Waals surface area contributed by atoms with Crippen molar-refractivity contribution in [2.24, 2.45) is 4.99 Å². The molecule has 0 aliphatic heterocycles. The molecule has 1 aromatic heterocycles. The number of ether oxygens (including phenoxy) is 2. The molecule has 0 bridgehead atoms. The fraction of sp³-hybridized carbons (Fsp3) is 0.476. The molecule has 3 N–H and O–H groups in total. The molecule has 0 spiro atoms. The predicted octanol–water partition coefficient (Wildman–Crippen LogP) is 3.39. The molecule has 0 fully saturated rings. The number of aliphatic imine (C=N–C) groups is 1. The van der Waals surface area contributed by atoms with E-state index in [2.05, 4.69) is 40.8 Å². The van der Waals surface area contributed by atoms with Crippen LogP contribution in [0.3, 0.4) is 0 Å². The summed E-state index contributed by atoms with van der Waals surface area (Å²) in [4.78, 5) is 8.18. The Hall–Kier alpha value is -2.63. The maximum Gasteiger partial charge on any atom is 0.191 e. The Morgan fingerprint density at radius 1 is 1.19 bits per heavy atom. The maximum absolute atomic E-state index is 5.49. The molecule has 1 heterocycles. The minimum atomic E-state index is 0.471. The Morgan fingerprint density at radius 2 is 2.00 bits per heavy atom. The van der Waals surface area contributed by atoms with E-state index in [1.807, 2.05) is 12.1 Å². The van der Waals surface area contributed by atoms with Gasteiger partial charge in [0.2, 0.25) is 0 Å². The van der Waals surface area contributed by atoms with Gasteiger partial charge in [0.05, 0.1) is 19.7 Å². The summed E-state index contributed by atoms with van der Waals surface area (Å²) >= 11 is 0.